The Balaban J connectivity index is 1.73. The number of carbonyl (C=O) groups excluding carboxylic acids is 2. The summed E-state index contributed by atoms with van der Waals surface area (Å²) < 4.78 is 5.09. The van der Waals surface area contributed by atoms with Crippen molar-refractivity contribution in [2.24, 2.45) is 17.8 Å². The van der Waals surface area contributed by atoms with Crippen LogP contribution in [0.4, 0.5) is 0 Å². The SMILES string of the molecule is COc1ccc(CNC(=O)C2CC2C(=O)NCC(C)C)cc1. The normalized spacial score (nSPS) is 19.6. The van der Waals surface area contributed by atoms with E-state index in [9.17, 15) is 9.59 Å². The Kier molecular flexibility index (Phi) is 5.41. The summed E-state index contributed by atoms with van der Waals surface area (Å²) in [5.41, 5.74) is 1.01. The molecule has 0 saturated heterocycles. The fourth-order valence-electron chi connectivity index (χ4n) is 2.27. The van der Waals surface area contributed by atoms with E-state index in [0.29, 0.717) is 25.4 Å². The van der Waals surface area contributed by atoms with Gasteiger partial charge in [-0.3, -0.25) is 9.59 Å². The Morgan fingerprint density at radius 3 is 2.27 bits per heavy atom. The van der Waals surface area contributed by atoms with Crippen molar-refractivity contribution in [3.8, 4) is 5.75 Å². The van der Waals surface area contributed by atoms with Crippen molar-refractivity contribution >= 4 is 11.8 Å². The molecule has 5 heteroatoms. The molecule has 1 aromatic rings. The molecule has 1 aromatic carbocycles. The number of amides is 2. The molecular weight excluding hydrogens is 280 g/mol. The molecule has 0 aromatic heterocycles. The minimum absolute atomic E-state index is 0.00158. The molecule has 2 N–H and O–H groups in total. The van der Waals surface area contributed by atoms with Crippen LogP contribution in [-0.2, 0) is 16.1 Å². The Morgan fingerprint density at radius 1 is 1.14 bits per heavy atom. The van der Waals surface area contributed by atoms with Crippen LogP contribution in [0.2, 0.25) is 0 Å². The molecule has 1 saturated carbocycles. The lowest BCUT2D eigenvalue weighted by Crippen LogP contribution is -2.31. The number of benzene rings is 1. The van der Waals surface area contributed by atoms with Crippen LogP contribution in [0.15, 0.2) is 24.3 Å². The lowest BCUT2D eigenvalue weighted by atomic mass is 10.2. The Morgan fingerprint density at radius 2 is 1.73 bits per heavy atom. The third-order valence-electron chi connectivity index (χ3n) is 3.77. The van der Waals surface area contributed by atoms with E-state index in [1.54, 1.807) is 7.11 Å². The third-order valence-corrected chi connectivity index (χ3v) is 3.77. The summed E-state index contributed by atoms with van der Waals surface area (Å²) >= 11 is 0. The maximum Gasteiger partial charge on any atom is 0.224 e. The first kappa shape index (κ1) is 16.3. The molecule has 0 spiro atoms. The van der Waals surface area contributed by atoms with Crippen LogP contribution in [0.3, 0.4) is 0 Å². The average molecular weight is 304 g/mol. The zero-order valence-corrected chi connectivity index (χ0v) is 13.4. The Hall–Kier alpha value is -2.04. The van der Waals surface area contributed by atoms with Crippen molar-refractivity contribution in [1.82, 2.24) is 10.6 Å². The second-order valence-electron chi connectivity index (χ2n) is 6.15. The fourth-order valence-corrected chi connectivity index (χ4v) is 2.27. The van der Waals surface area contributed by atoms with Crippen LogP contribution >= 0.6 is 0 Å². The van der Waals surface area contributed by atoms with Gasteiger partial charge < -0.3 is 15.4 Å². The summed E-state index contributed by atoms with van der Waals surface area (Å²) in [4.78, 5) is 23.9. The van der Waals surface area contributed by atoms with Crippen LogP contribution in [-0.4, -0.2) is 25.5 Å². The lowest BCUT2D eigenvalue weighted by Gasteiger charge is -2.08. The van der Waals surface area contributed by atoms with Crippen LogP contribution in [0.5, 0.6) is 5.75 Å². The van der Waals surface area contributed by atoms with Crippen LogP contribution < -0.4 is 15.4 Å². The monoisotopic (exact) mass is 304 g/mol. The first-order valence-corrected chi connectivity index (χ1v) is 7.69. The van der Waals surface area contributed by atoms with Gasteiger partial charge in [0.25, 0.3) is 0 Å². The van der Waals surface area contributed by atoms with Gasteiger partial charge in [0.15, 0.2) is 0 Å². The molecule has 22 heavy (non-hydrogen) atoms. The summed E-state index contributed by atoms with van der Waals surface area (Å²) in [6.07, 6.45) is 0.651. The Labute approximate surface area is 131 Å². The summed E-state index contributed by atoms with van der Waals surface area (Å²) in [7, 11) is 1.62. The molecule has 1 fully saturated rings. The quantitative estimate of drug-likeness (QED) is 0.806. The van der Waals surface area contributed by atoms with Gasteiger partial charge >= 0.3 is 0 Å². The number of nitrogens with one attached hydrogen (secondary N) is 2. The van der Waals surface area contributed by atoms with Crippen molar-refractivity contribution in [3.05, 3.63) is 29.8 Å². The van der Waals surface area contributed by atoms with E-state index < -0.39 is 0 Å². The second kappa shape index (κ2) is 7.29. The minimum atomic E-state index is -0.176. The summed E-state index contributed by atoms with van der Waals surface area (Å²) in [6, 6.07) is 7.55. The summed E-state index contributed by atoms with van der Waals surface area (Å²) in [5, 5.41) is 5.77. The molecule has 2 unspecified atom stereocenters. The highest BCUT2D eigenvalue weighted by Gasteiger charge is 2.47. The van der Waals surface area contributed by atoms with Gasteiger partial charge in [-0.25, -0.2) is 0 Å². The molecule has 0 radical (unpaired) electrons. The molecule has 120 valence electrons. The van der Waals surface area contributed by atoms with Crippen LogP contribution in [0, 0.1) is 17.8 Å². The number of carbonyl (C=O) groups is 2. The molecule has 0 heterocycles. The number of rotatable bonds is 7. The van der Waals surface area contributed by atoms with E-state index in [-0.39, 0.29) is 23.7 Å². The van der Waals surface area contributed by atoms with Gasteiger partial charge in [0, 0.05) is 13.1 Å². The lowest BCUT2D eigenvalue weighted by molar-refractivity contribution is -0.127. The minimum Gasteiger partial charge on any atom is -0.497 e. The molecule has 0 aliphatic heterocycles. The smallest absolute Gasteiger partial charge is 0.224 e. The van der Waals surface area contributed by atoms with Gasteiger partial charge in [-0.05, 0) is 30.0 Å². The molecule has 1 aliphatic carbocycles. The van der Waals surface area contributed by atoms with Gasteiger partial charge in [-0.2, -0.15) is 0 Å². The standard InChI is InChI=1S/C17H24N2O3/c1-11(2)9-18-16(20)14-8-15(14)17(21)19-10-12-4-6-13(22-3)7-5-12/h4-7,11,14-15H,8-10H2,1-3H3,(H,18,20)(H,19,21). The topological polar surface area (TPSA) is 67.4 Å². The van der Waals surface area contributed by atoms with E-state index >= 15 is 0 Å². The first-order chi connectivity index (χ1) is 10.5. The molecule has 2 amide bonds. The third kappa shape index (κ3) is 4.48. The van der Waals surface area contributed by atoms with Gasteiger partial charge in [-0.15, -0.1) is 0 Å². The number of methoxy groups -OCH3 is 1. The highest BCUT2D eigenvalue weighted by molar-refractivity contribution is 5.92. The summed E-state index contributed by atoms with van der Waals surface area (Å²) in [6.45, 7) is 5.23. The molecule has 5 nitrogen and oxygen atoms in total. The maximum atomic E-state index is 12.0. The maximum absolute atomic E-state index is 12.0. The molecule has 2 atom stereocenters. The number of hydrogen-bond acceptors (Lipinski definition) is 3. The van der Waals surface area contributed by atoms with Gasteiger partial charge in [0.2, 0.25) is 11.8 Å². The predicted molar refractivity (Wildman–Crippen MR) is 84.3 cm³/mol. The van der Waals surface area contributed by atoms with Crippen molar-refractivity contribution in [1.29, 1.82) is 0 Å². The van der Waals surface area contributed by atoms with Crippen molar-refractivity contribution in [2.45, 2.75) is 26.8 Å². The van der Waals surface area contributed by atoms with E-state index in [0.717, 1.165) is 11.3 Å². The predicted octanol–water partition coefficient (Wildman–Crippen LogP) is 1.72. The van der Waals surface area contributed by atoms with Gasteiger partial charge in [0.1, 0.15) is 5.75 Å². The van der Waals surface area contributed by atoms with E-state index in [2.05, 4.69) is 10.6 Å². The molecule has 0 bridgehead atoms. The van der Waals surface area contributed by atoms with Crippen molar-refractivity contribution in [2.75, 3.05) is 13.7 Å². The zero-order valence-electron chi connectivity index (χ0n) is 13.4. The average Bonchev–Trinajstić information content (AvgIpc) is 3.31. The second-order valence-corrected chi connectivity index (χ2v) is 6.15. The van der Waals surface area contributed by atoms with E-state index in [1.165, 1.54) is 0 Å². The van der Waals surface area contributed by atoms with Crippen molar-refractivity contribution < 1.29 is 14.3 Å². The Bertz CT molecular complexity index is 525. The van der Waals surface area contributed by atoms with Crippen LogP contribution in [0.1, 0.15) is 25.8 Å². The van der Waals surface area contributed by atoms with E-state index in [1.807, 2.05) is 38.1 Å². The highest BCUT2D eigenvalue weighted by atomic mass is 16.5. The van der Waals surface area contributed by atoms with Gasteiger partial charge in [-0.1, -0.05) is 26.0 Å². The molecular formula is C17H24N2O3. The van der Waals surface area contributed by atoms with Crippen molar-refractivity contribution in [3.63, 3.8) is 0 Å². The summed E-state index contributed by atoms with van der Waals surface area (Å²) in [5.74, 6) is 0.836. The first-order valence-electron chi connectivity index (χ1n) is 7.69. The highest BCUT2D eigenvalue weighted by Crippen LogP contribution is 2.38. The van der Waals surface area contributed by atoms with Crippen LogP contribution in [0.25, 0.3) is 0 Å². The molecule has 2 rings (SSSR count). The molecule has 1 aliphatic rings. The fraction of sp³-hybridized carbons (Fsp3) is 0.529. The number of ether oxygens (including phenoxy) is 1. The zero-order chi connectivity index (χ0) is 16.1. The number of hydrogen-bond donors (Lipinski definition) is 2. The van der Waals surface area contributed by atoms with Gasteiger partial charge in [0.05, 0.1) is 18.9 Å². The largest absolute Gasteiger partial charge is 0.497 e. The van der Waals surface area contributed by atoms with E-state index in [4.69, 9.17) is 4.74 Å².